The summed E-state index contributed by atoms with van der Waals surface area (Å²) in [6.45, 7) is 0. The van der Waals surface area contributed by atoms with Crippen LogP contribution < -0.4 is 5.32 Å². The highest BCUT2D eigenvalue weighted by molar-refractivity contribution is 9.10. The molecule has 0 unspecified atom stereocenters. The first kappa shape index (κ1) is 11.2. The van der Waals surface area contributed by atoms with Crippen LogP contribution in [0.4, 0.5) is 5.69 Å². The highest BCUT2D eigenvalue weighted by atomic mass is 79.9. The van der Waals surface area contributed by atoms with Gasteiger partial charge in [0.25, 0.3) is 5.91 Å². The zero-order valence-corrected chi connectivity index (χ0v) is 10.2. The summed E-state index contributed by atoms with van der Waals surface area (Å²) in [5, 5.41) is 2.97. The Kier molecular flexibility index (Phi) is 3.26. The number of nitrogens with one attached hydrogen (secondary N) is 1. The molecule has 0 atom stereocenters. The SMILES string of the molecule is O=C(Nc1cnc(Cl)c(Br)c1)c1ccco1. The van der Waals surface area contributed by atoms with Gasteiger partial charge in [-0.2, -0.15) is 0 Å². The number of aromatic nitrogens is 1. The molecule has 0 spiro atoms. The van der Waals surface area contributed by atoms with Crippen LogP contribution in [0.1, 0.15) is 10.6 Å². The van der Waals surface area contributed by atoms with Crippen LogP contribution in [-0.4, -0.2) is 10.9 Å². The highest BCUT2D eigenvalue weighted by Crippen LogP contribution is 2.23. The summed E-state index contributed by atoms with van der Waals surface area (Å²) in [6.07, 6.45) is 2.90. The van der Waals surface area contributed by atoms with Gasteiger partial charge in [0.2, 0.25) is 0 Å². The average molecular weight is 302 g/mol. The quantitative estimate of drug-likeness (QED) is 0.866. The van der Waals surface area contributed by atoms with Crippen molar-refractivity contribution in [2.24, 2.45) is 0 Å². The van der Waals surface area contributed by atoms with Crippen molar-refractivity contribution in [3.05, 3.63) is 46.0 Å². The van der Waals surface area contributed by atoms with E-state index in [1.165, 1.54) is 12.5 Å². The van der Waals surface area contributed by atoms with E-state index < -0.39 is 0 Å². The summed E-state index contributed by atoms with van der Waals surface area (Å²) in [7, 11) is 0. The minimum Gasteiger partial charge on any atom is -0.459 e. The van der Waals surface area contributed by atoms with E-state index in [-0.39, 0.29) is 11.7 Å². The van der Waals surface area contributed by atoms with Crippen molar-refractivity contribution in [1.82, 2.24) is 4.98 Å². The summed E-state index contributed by atoms with van der Waals surface area (Å²) in [5.41, 5.74) is 0.540. The van der Waals surface area contributed by atoms with Crippen molar-refractivity contribution in [1.29, 1.82) is 0 Å². The molecule has 2 aromatic heterocycles. The van der Waals surface area contributed by atoms with Crippen molar-refractivity contribution in [2.75, 3.05) is 5.32 Å². The molecule has 4 nitrogen and oxygen atoms in total. The number of rotatable bonds is 2. The molecule has 2 rings (SSSR count). The van der Waals surface area contributed by atoms with Gasteiger partial charge in [-0.05, 0) is 34.1 Å². The van der Waals surface area contributed by atoms with E-state index in [2.05, 4.69) is 26.2 Å². The topological polar surface area (TPSA) is 55.1 Å². The van der Waals surface area contributed by atoms with E-state index in [4.69, 9.17) is 16.0 Å². The fourth-order valence-corrected chi connectivity index (χ4v) is 1.54. The number of anilines is 1. The number of furan rings is 1. The Morgan fingerprint density at radius 1 is 1.56 bits per heavy atom. The Hall–Kier alpha value is -1.33. The molecule has 0 bridgehead atoms. The maximum atomic E-state index is 11.6. The molecule has 16 heavy (non-hydrogen) atoms. The van der Waals surface area contributed by atoms with Gasteiger partial charge in [0.05, 0.1) is 22.6 Å². The summed E-state index contributed by atoms with van der Waals surface area (Å²) in [4.78, 5) is 15.5. The molecule has 1 N–H and O–H groups in total. The molecule has 2 heterocycles. The molecule has 2 aromatic rings. The standard InChI is InChI=1S/C10H6BrClN2O2/c11-7-4-6(5-13-9(7)12)14-10(15)8-2-1-3-16-8/h1-5H,(H,14,15). The minimum atomic E-state index is -0.332. The van der Waals surface area contributed by atoms with Gasteiger partial charge < -0.3 is 9.73 Å². The molecule has 0 saturated carbocycles. The monoisotopic (exact) mass is 300 g/mol. The molecule has 0 saturated heterocycles. The van der Waals surface area contributed by atoms with Crippen LogP contribution >= 0.6 is 27.5 Å². The van der Waals surface area contributed by atoms with E-state index in [9.17, 15) is 4.79 Å². The summed E-state index contributed by atoms with van der Waals surface area (Å²) in [6, 6.07) is 4.88. The Bertz CT molecular complexity index is 514. The number of pyridine rings is 1. The van der Waals surface area contributed by atoms with Crippen LogP contribution in [0.25, 0.3) is 0 Å². The fraction of sp³-hybridized carbons (Fsp3) is 0. The molecule has 0 aromatic carbocycles. The smallest absolute Gasteiger partial charge is 0.291 e. The van der Waals surface area contributed by atoms with Crippen molar-refractivity contribution in [3.8, 4) is 0 Å². The second-order valence-corrected chi connectivity index (χ2v) is 4.14. The Balaban J connectivity index is 2.15. The third kappa shape index (κ3) is 2.43. The van der Waals surface area contributed by atoms with Crippen molar-refractivity contribution in [2.45, 2.75) is 0 Å². The third-order valence-corrected chi connectivity index (χ3v) is 2.93. The maximum absolute atomic E-state index is 11.6. The maximum Gasteiger partial charge on any atom is 0.291 e. The lowest BCUT2D eigenvalue weighted by atomic mass is 10.4. The average Bonchev–Trinajstić information content (AvgIpc) is 2.77. The zero-order chi connectivity index (χ0) is 11.5. The van der Waals surface area contributed by atoms with Crippen molar-refractivity contribution in [3.63, 3.8) is 0 Å². The van der Waals surface area contributed by atoms with Crippen molar-refractivity contribution >= 4 is 39.1 Å². The molecule has 82 valence electrons. The fourth-order valence-electron chi connectivity index (χ4n) is 1.09. The van der Waals surface area contributed by atoms with Crippen molar-refractivity contribution < 1.29 is 9.21 Å². The number of nitrogens with zero attached hydrogens (tertiary/aromatic N) is 1. The first-order chi connectivity index (χ1) is 7.66. The lowest BCUT2D eigenvalue weighted by molar-refractivity contribution is 0.0996. The number of halogens is 2. The van der Waals surface area contributed by atoms with Crippen LogP contribution in [0, 0.1) is 0 Å². The Morgan fingerprint density at radius 3 is 3.00 bits per heavy atom. The lowest BCUT2D eigenvalue weighted by Gasteiger charge is -2.03. The number of hydrogen-bond donors (Lipinski definition) is 1. The van der Waals surface area contributed by atoms with E-state index in [0.717, 1.165) is 0 Å². The Labute approximate surface area is 105 Å². The second-order valence-electron chi connectivity index (χ2n) is 2.93. The zero-order valence-electron chi connectivity index (χ0n) is 7.91. The van der Waals surface area contributed by atoms with Crippen LogP contribution in [0.3, 0.4) is 0 Å². The Morgan fingerprint density at radius 2 is 2.38 bits per heavy atom. The predicted molar refractivity (Wildman–Crippen MR) is 63.6 cm³/mol. The molecule has 0 radical (unpaired) electrons. The normalized spacial score (nSPS) is 10.1. The van der Waals surface area contributed by atoms with Crippen LogP contribution in [0.15, 0.2) is 39.5 Å². The molecule has 6 heteroatoms. The van der Waals surface area contributed by atoms with Crippen LogP contribution in [0.2, 0.25) is 5.15 Å². The second kappa shape index (κ2) is 4.67. The van der Waals surface area contributed by atoms with E-state index in [1.807, 2.05) is 0 Å². The van der Waals surface area contributed by atoms with Gasteiger partial charge in [0.1, 0.15) is 5.15 Å². The van der Waals surface area contributed by atoms with Gasteiger partial charge in [-0.3, -0.25) is 4.79 Å². The number of amides is 1. The largest absolute Gasteiger partial charge is 0.459 e. The minimum absolute atomic E-state index is 0.242. The summed E-state index contributed by atoms with van der Waals surface area (Å²) in [5.74, 6) is -0.0907. The van der Waals surface area contributed by atoms with Gasteiger partial charge in [-0.1, -0.05) is 11.6 Å². The predicted octanol–water partition coefficient (Wildman–Crippen LogP) is 3.34. The number of carbonyl (C=O) groups excluding carboxylic acids is 1. The molecule has 1 amide bonds. The van der Waals surface area contributed by atoms with Crippen LogP contribution in [-0.2, 0) is 0 Å². The summed E-state index contributed by atoms with van der Waals surface area (Å²) < 4.78 is 5.57. The highest BCUT2D eigenvalue weighted by Gasteiger charge is 2.09. The molecular weight excluding hydrogens is 295 g/mol. The molecule has 0 aliphatic carbocycles. The van der Waals surface area contributed by atoms with Gasteiger partial charge in [-0.15, -0.1) is 0 Å². The van der Waals surface area contributed by atoms with Gasteiger partial charge in [0, 0.05) is 0 Å². The van der Waals surface area contributed by atoms with E-state index in [1.54, 1.807) is 18.2 Å². The first-order valence-electron chi connectivity index (χ1n) is 4.33. The van der Waals surface area contributed by atoms with Gasteiger partial charge in [0.15, 0.2) is 5.76 Å². The van der Waals surface area contributed by atoms with Gasteiger partial charge >= 0.3 is 0 Å². The molecule has 0 fully saturated rings. The molecular formula is C10H6BrClN2O2. The van der Waals surface area contributed by atoms with E-state index >= 15 is 0 Å². The first-order valence-corrected chi connectivity index (χ1v) is 5.50. The third-order valence-electron chi connectivity index (χ3n) is 1.80. The molecule has 0 aliphatic heterocycles. The van der Waals surface area contributed by atoms with E-state index in [0.29, 0.717) is 15.3 Å². The van der Waals surface area contributed by atoms with Gasteiger partial charge in [-0.25, -0.2) is 4.98 Å². The number of carbonyl (C=O) groups is 1. The summed E-state index contributed by atoms with van der Waals surface area (Å²) >= 11 is 8.94. The van der Waals surface area contributed by atoms with Crippen LogP contribution in [0.5, 0.6) is 0 Å². The lowest BCUT2D eigenvalue weighted by Crippen LogP contribution is -2.10. The molecule has 0 aliphatic rings. The number of hydrogen-bond acceptors (Lipinski definition) is 3.